The zero-order chi connectivity index (χ0) is 39.8. The van der Waals surface area contributed by atoms with Crippen LogP contribution in [0.2, 0.25) is 0 Å². The third-order valence-electron chi connectivity index (χ3n) is 11.5. The summed E-state index contributed by atoms with van der Waals surface area (Å²) < 4.78 is 20.4. The minimum Gasteiger partial charge on any atom is -0.494 e. The Balaban J connectivity index is 0.664. The molecule has 4 aromatic heterocycles. The number of nitrogens with zero attached hydrogens (tertiary/aromatic N) is 5. The Labute approximate surface area is 335 Å². The standard InChI is InChI=1S/C46H44N6O6/c1-28-8-15-40(44(53)50-28)52-45(54)36-14-12-32(24-37(36)46(52)55)56-20-6-4-3-5-7-29-9-16-42(48-25-29)57-33-22-34(23-33)58-43-17-11-31(26-49-43)30-10-13-35-38-27-47-19-18-39(38)51(2)41(35)21-30/h9-14,16-19,21,24-27,33-34,40H,1,3-8,15,20,22-23H2,2H3,(H,50,53). The van der Waals surface area contributed by atoms with Crippen LogP contribution in [0, 0.1) is 0 Å². The molecule has 6 heterocycles. The van der Waals surface area contributed by atoms with Crippen LogP contribution >= 0.6 is 0 Å². The summed E-state index contributed by atoms with van der Waals surface area (Å²) in [6, 6.07) is 20.6. The Hall–Kier alpha value is -6.56. The number of allylic oxidation sites excluding steroid dienone is 1. The van der Waals surface area contributed by atoms with E-state index in [1.165, 1.54) is 10.9 Å². The smallest absolute Gasteiger partial charge is 0.262 e. The molecule has 6 aromatic rings. The Bertz CT molecular complexity index is 2540. The van der Waals surface area contributed by atoms with Gasteiger partial charge < -0.3 is 24.1 Å². The van der Waals surface area contributed by atoms with Crippen molar-refractivity contribution >= 4 is 39.5 Å². The molecule has 1 unspecified atom stereocenters. The van der Waals surface area contributed by atoms with Gasteiger partial charge in [0.25, 0.3) is 11.8 Å². The van der Waals surface area contributed by atoms with Gasteiger partial charge in [0, 0.05) is 84.4 Å². The van der Waals surface area contributed by atoms with Crippen molar-refractivity contribution in [3.63, 3.8) is 0 Å². The average molecular weight is 777 g/mol. The summed E-state index contributed by atoms with van der Waals surface area (Å²) in [6.07, 6.45) is 15.0. The van der Waals surface area contributed by atoms with Crippen molar-refractivity contribution < 1.29 is 28.6 Å². The number of amides is 3. The van der Waals surface area contributed by atoms with E-state index < -0.39 is 17.9 Å². The summed E-state index contributed by atoms with van der Waals surface area (Å²) in [5.74, 6) is 0.488. The number of pyridine rings is 3. The monoisotopic (exact) mass is 776 g/mol. The van der Waals surface area contributed by atoms with Crippen LogP contribution in [0.25, 0.3) is 32.9 Å². The van der Waals surface area contributed by atoms with Gasteiger partial charge in [-0.15, -0.1) is 0 Å². The number of unbranched alkanes of at least 4 members (excludes halogenated alkanes) is 3. The van der Waals surface area contributed by atoms with Crippen molar-refractivity contribution in [1.82, 2.24) is 29.7 Å². The second-order valence-corrected chi connectivity index (χ2v) is 15.4. The molecule has 1 saturated heterocycles. The van der Waals surface area contributed by atoms with E-state index in [2.05, 4.69) is 68.8 Å². The van der Waals surface area contributed by atoms with Gasteiger partial charge in [0.15, 0.2) is 0 Å². The van der Waals surface area contributed by atoms with E-state index in [1.807, 2.05) is 43.0 Å². The molecule has 2 aromatic carbocycles. The molecule has 12 heteroatoms. The topological polar surface area (TPSA) is 138 Å². The van der Waals surface area contributed by atoms with Gasteiger partial charge in [0.1, 0.15) is 24.0 Å². The maximum atomic E-state index is 13.1. The number of hydrogen-bond donors (Lipinski definition) is 1. The number of carbonyl (C=O) groups excluding carboxylic acids is 3. The second kappa shape index (κ2) is 15.8. The number of aryl methyl sites for hydroxylation is 2. The van der Waals surface area contributed by atoms with Gasteiger partial charge in [-0.2, -0.15) is 0 Å². The first kappa shape index (κ1) is 37.0. The fourth-order valence-corrected chi connectivity index (χ4v) is 8.13. The second-order valence-electron chi connectivity index (χ2n) is 15.4. The summed E-state index contributed by atoms with van der Waals surface area (Å²) in [4.78, 5) is 53.1. The summed E-state index contributed by atoms with van der Waals surface area (Å²) in [7, 11) is 2.08. The fraction of sp³-hybridized carbons (Fsp3) is 0.304. The van der Waals surface area contributed by atoms with Crippen LogP contribution in [0.1, 0.15) is 77.6 Å². The Kier molecular flexibility index (Phi) is 10.1. The minimum absolute atomic E-state index is 0.0572. The average Bonchev–Trinajstić information content (AvgIpc) is 3.65. The molecule has 58 heavy (non-hydrogen) atoms. The van der Waals surface area contributed by atoms with E-state index >= 15 is 0 Å². The van der Waals surface area contributed by atoms with Crippen LogP contribution in [-0.4, -0.2) is 67.0 Å². The first-order valence-corrected chi connectivity index (χ1v) is 20.0. The van der Waals surface area contributed by atoms with Crippen LogP contribution in [0.4, 0.5) is 0 Å². The Morgan fingerprint density at radius 3 is 2.28 bits per heavy atom. The van der Waals surface area contributed by atoms with E-state index in [-0.39, 0.29) is 23.7 Å². The first-order valence-electron chi connectivity index (χ1n) is 20.0. The molecule has 1 atom stereocenters. The van der Waals surface area contributed by atoms with Gasteiger partial charge in [0.05, 0.1) is 23.3 Å². The summed E-state index contributed by atoms with van der Waals surface area (Å²) in [6.45, 7) is 4.27. The van der Waals surface area contributed by atoms with Crippen LogP contribution in [-0.2, 0) is 18.3 Å². The van der Waals surface area contributed by atoms with Gasteiger partial charge in [-0.25, -0.2) is 9.97 Å². The van der Waals surface area contributed by atoms with Gasteiger partial charge in [0.2, 0.25) is 17.7 Å². The number of imide groups is 1. The number of carbonyl (C=O) groups is 3. The Morgan fingerprint density at radius 2 is 1.52 bits per heavy atom. The zero-order valence-corrected chi connectivity index (χ0v) is 32.4. The molecule has 0 bridgehead atoms. The van der Waals surface area contributed by atoms with Crippen LogP contribution in [0.3, 0.4) is 0 Å². The van der Waals surface area contributed by atoms with Crippen molar-refractivity contribution in [1.29, 1.82) is 0 Å². The number of aromatic nitrogens is 4. The third-order valence-corrected chi connectivity index (χ3v) is 11.5. The minimum atomic E-state index is -0.829. The van der Waals surface area contributed by atoms with E-state index in [9.17, 15) is 14.4 Å². The lowest BCUT2D eigenvalue weighted by molar-refractivity contribution is -0.125. The van der Waals surface area contributed by atoms with E-state index in [4.69, 9.17) is 14.2 Å². The lowest BCUT2D eigenvalue weighted by Crippen LogP contribution is -2.51. The first-order chi connectivity index (χ1) is 28.3. The normalized spacial score (nSPS) is 19.0. The van der Waals surface area contributed by atoms with Crippen LogP contribution in [0.5, 0.6) is 17.5 Å². The van der Waals surface area contributed by atoms with E-state index in [0.29, 0.717) is 48.2 Å². The fourth-order valence-electron chi connectivity index (χ4n) is 8.13. The van der Waals surface area contributed by atoms with Crippen molar-refractivity contribution in [2.45, 2.75) is 76.0 Å². The number of hydrogen-bond acceptors (Lipinski definition) is 9. The molecule has 1 aliphatic carbocycles. The highest BCUT2D eigenvalue weighted by molar-refractivity contribution is 6.23. The van der Waals surface area contributed by atoms with Gasteiger partial charge in [-0.05, 0) is 79.6 Å². The molecule has 1 saturated carbocycles. The Morgan fingerprint density at radius 1 is 0.759 bits per heavy atom. The maximum absolute atomic E-state index is 13.1. The lowest BCUT2D eigenvalue weighted by atomic mass is 9.92. The number of benzene rings is 2. The molecule has 2 aliphatic heterocycles. The quantitative estimate of drug-likeness (QED) is 0.0870. The molecular formula is C46H44N6O6. The SMILES string of the molecule is C=C1CCC(N2C(=O)c3ccc(OCCCCCCc4ccc(OC5CC(Oc6ccc(-c7ccc8c9cnccc9n(C)c8c7)cn6)C5)nc4)cc3C2=O)C(=O)N1. The molecule has 0 spiro atoms. The summed E-state index contributed by atoms with van der Waals surface area (Å²) in [5.41, 5.74) is 6.80. The number of ether oxygens (including phenoxy) is 3. The maximum Gasteiger partial charge on any atom is 0.262 e. The van der Waals surface area contributed by atoms with Crippen molar-refractivity contribution in [3.05, 3.63) is 120 Å². The zero-order valence-electron chi connectivity index (χ0n) is 32.4. The molecule has 9 rings (SSSR count). The largest absolute Gasteiger partial charge is 0.494 e. The third kappa shape index (κ3) is 7.37. The van der Waals surface area contributed by atoms with Crippen LogP contribution in [0.15, 0.2) is 104 Å². The predicted molar refractivity (Wildman–Crippen MR) is 219 cm³/mol. The molecule has 1 N–H and O–H groups in total. The highest BCUT2D eigenvalue weighted by atomic mass is 16.5. The molecular weight excluding hydrogens is 733 g/mol. The molecule has 3 aliphatic rings. The summed E-state index contributed by atoms with van der Waals surface area (Å²) in [5, 5.41) is 4.99. The number of rotatable bonds is 14. The van der Waals surface area contributed by atoms with E-state index in [0.717, 1.165) is 77.4 Å². The van der Waals surface area contributed by atoms with E-state index in [1.54, 1.807) is 18.2 Å². The van der Waals surface area contributed by atoms with Crippen molar-refractivity contribution in [3.8, 4) is 28.6 Å². The molecule has 2 fully saturated rings. The molecule has 12 nitrogen and oxygen atoms in total. The van der Waals surface area contributed by atoms with Crippen molar-refractivity contribution in [2.24, 2.45) is 7.05 Å². The number of fused-ring (bicyclic) bond motifs is 4. The van der Waals surface area contributed by atoms with Gasteiger partial charge >= 0.3 is 0 Å². The van der Waals surface area contributed by atoms with Gasteiger partial charge in [-0.1, -0.05) is 37.6 Å². The lowest BCUT2D eigenvalue weighted by Gasteiger charge is -2.34. The van der Waals surface area contributed by atoms with Crippen LogP contribution < -0.4 is 19.5 Å². The number of piperidine rings is 1. The van der Waals surface area contributed by atoms with Gasteiger partial charge in [-0.3, -0.25) is 24.3 Å². The highest BCUT2D eigenvalue weighted by Crippen LogP contribution is 2.34. The molecule has 3 amide bonds. The molecule has 294 valence electrons. The highest BCUT2D eigenvalue weighted by Gasteiger charge is 2.44. The van der Waals surface area contributed by atoms with Crippen molar-refractivity contribution in [2.75, 3.05) is 6.61 Å². The molecule has 0 radical (unpaired) electrons. The summed E-state index contributed by atoms with van der Waals surface area (Å²) >= 11 is 0. The predicted octanol–water partition coefficient (Wildman–Crippen LogP) is 7.74. The number of nitrogens with one attached hydrogen (secondary N) is 1.